The van der Waals surface area contributed by atoms with E-state index in [0.717, 1.165) is 13.0 Å². The fourth-order valence-corrected chi connectivity index (χ4v) is 2.41. The SMILES string of the molecule is O=C(NCCc1ccc(Br)cc1F)NCC1CCOC1. The standard InChI is InChI=1S/C14H18BrFN2O2/c15-12-2-1-11(13(16)7-12)3-5-17-14(19)18-8-10-4-6-20-9-10/h1-2,7,10H,3-6,8-9H2,(H2,17,18,19). The third kappa shape index (κ3) is 4.76. The number of amides is 2. The van der Waals surface area contributed by atoms with Crippen molar-refractivity contribution in [3.63, 3.8) is 0 Å². The zero-order chi connectivity index (χ0) is 14.4. The summed E-state index contributed by atoms with van der Waals surface area (Å²) < 4.78 is 19.5. The Hall–Kier alpha value is -1.14. The predicted molar refractivity (Wildman–Crippen MR) is 78.1 cm³/mol. The second-order valence-electron chi connectivity index (χ2n) is 4.85. The van der Waals surface area contributed by atoms with Gasteiger partial charge >= 0.3 is 6.03 Å². The molecule has 0 aliphatic carbocycles. The van der Waals surface area contributed by atoms with Crippen LogP contribution in [-0.2, 0) is 11.2 Å². The molecule has 20 heavy (non-hydrogen) atoms. The molecule has 1 heterocycles. The van der Waals surface area contributed by atoms with Crippen LogP contribution in [0.2, 0.25) is 0 Å². The Labute approximate surface area is 126 Å². The smallest absolute Gasteiger partial charge is 0.314 e. The molecule has 6 heteroatoms. The van der Waals surface area contributed by atoms with Crippen molar-refractivity contribution in [2.45, 2.75) is 12.8 Å². The van der Waals surface area contributed by atoms with Crippen molar-refractivity contribution < 1.29 is 13.9 Å². The molecule has 0 bridgehead atoms. The summed E-state index contributed by atoms with van der Waals surface area (Å²) in [5.74, 6) is 0.148. The summed E-state index contributed by atoms with van der Waals surface area (Å²) in [4.78, 5) is 11.6. The lowest BCUT2D eigenvalue weighted by Gasteiger charge is -2.11. The fraction of sp³-hybridized carbons (Fsp3) is 0.500. The van der Waals surface area contributed by atoms with Crippen LogP contribution in [-0.4, -0.2) is 32.3 Å². The molecule has 2 amide bonds. The Bertz CT molecular complexity index is 464. The van der Waals surface area contributed by atoms with E-state index in [1.165, 1.54) is 6.07 Å². The zero-order valence-corrected chi connectivity index (χ0v) is 12.7. The number of halogens is 2. The number of urea groups is 1. The van der Waals surface area contributed by atoms with Gasteiger partial charge in [-0.05, 0) is 30.5 Å². The van der Waals surface area contributed by atoms with E-state index in [-0.39, 0.29) is 11.8 Å². The highest BCUT2D eigenvalue weighted by atomic mass is 79.9. The highest BCUT2D eigenvalue weighted by Crippen LogP contribution is 2.15. The summed E-state index contributed by atoms with van der Waals surface area (Å²) in [5.41, 5.74) is 0.595. The minimum absolute atomic E-state index is 0.214. The molecule has 1 aromatic carbocycles. The van der Waals surface area contributed by atoms with Crippen LogP contribution in [0.3, 0.4) is 0 Å². The van der Waals surface area contributed by atoms with Crippen molar-refractivity contribution >= 4 is 22.0 Å². The van der Waals surface area contributed by atoms with Crippen LogP contribution in [0.25, 0.3) is 0 Å². The molecule has 110 valence electrons. The van der Waals surface area contributed by atoms with E-state index in [4.69, 9.17) is 4.74 Å². The second kappa shape index (κ2) is 7.59. The van der Waals surface area contributed by atoms with Crippen LogP contribution >= 0.6 is 15.9 Å². The summed E-state index contributed by atoms with van der Waals surface area (Å²) in [5, 5.41) is 5.53. The molecule has 1 aromatic rings. The van der Waals surface area contributed by atoms with Crippen molar-refractivity contribution in [1.82, 2.24) is 10.6 Å². The number of hydrogen-bond acceptors (Lipinski definition) is 2. The summed E-state index contributed by atoms with van der Waals surface area (Å²) in [7, 11) is 0. The molecular formula is C14H18BrFN2O2. The molecule has 2 rings (SSSR count). The quantitative estimate of drug-likeness (QED) is 0.861. The topological polar surface area (TPSA) is 50.4 Å². The second-order valence-corrected chi connectivity index (χ2v) is 5.77. The van der Waals surface area contributed by atoms with E-state index in [1.807, 2.05) is 0 Å². The first kappa shape index (κ1) is 15.3. The van der Waals surface area contributed by atoms with Crippen LogP contribution < -0.4 is 10.6 Å². The molecule has 1 unspecified atom stereocenters. The third-order valence-electron chi connectivity index (χ3n) is 3.27. The molecule has 0 saturated carbocycles. The number of hydrogen-bond donors (Lipinski definition) is 2. The summed E-state index contributed by atoms with van der Waals surface area (Å²) in [6.07, 6.45) is 1.46. The van der Waals surface area contributed by atoms with E-state index in [1.54, 1.807) is 12.1 Å². The minimum atomic E-state index is -0.260. The molecule has 4 nitrogen and oxygen atoms in total. The Morgan fingerprint density at radius 3 is 3.00 bits per heavy atom. The van der Waals surface area contributed by atoms with Gasteiger partial charge in [0, 0.05) is 30.1 Å². The monoisotopic (exact) mass is 344 g/mol. The van der Waals surface area contributed by atoms with E-state index >= 15 is 0 Å². The molecule has 1 atom stereocenters. The normalized spacial score (nSPS) is 18.0. The first-order valence-electron chi connectivity index (χ1n) is 6.68. The third-order valence-corrected chi connectivity index (χ3v) is 3.76. The van der Waals surface area contributed by atoms with Gasteiger partial charge in [0.2, 0.25) is 0 Å². The Morgan fingerprint density at radius 2 is 2.30 bits per heavy atom. The van der Waals surface area contributed by atoms with Gasteiger partial charge < -0.3 is 15.4 Å². The van der Waals surface area contributed by atoms with E-state index in [0.29, 0.717) is 42.1 Å². The van der Waals surface area contributed by atoms with Gasteiger partial charge in [-0.2, -0.15) is 0 Å². The van der Waals surface area contributed by atoms with Crippen LogP contribution in [0.4, 0.5) is 9.18 Å². The molecule has 0 spiro atoms. The van der Waals surface area contributed by atoms with Gasteiger partial charge in [0.05, 0.1) is 6.61 Å². The molecule has 1 aliphatic rings. The number of ether oxygens (including phenoxy) is 1. The van der Waals surface area contributed by atoms with Gasteiger partial charge in [-0.15, -0.1) is 0 Å². The minimum Gasteiger partial charge on any atom is -0.381 e. The number of nitrogens with one attached hydrogen (secondary N) is 2. The summed E-state index contributed by atoms with van der Waals surface area (Å²) >= 11 is 3.21. The maximum atomic E-state index is 13.6. The van der Waals surface area contributed by atoms with Crippen molar-refractivity contribution in [3.8, 4) is 0 Å². The van der Waals surface area contributed by atoms with E-state index in [9.17, 15) is 9.18 Å². The first-order valence-corrected chi connectivity index (χ1v) is 7.48. The Kier molecular flexibility index (Phi) is 5.79. The predicted octanol–water partition coefficient (Wildman–Crippen LogP) is 2.47. The zero-order valence-electron chi connectivity index (χ0n) is 11.1. The van der Waals surface area contributed by atoms with Crippen molar-refractivity contribution in [2.24, 2.45) is 5.92 Å². The van der Waals surface area contributed by atoms with Crippen LogP contribution in [0.1, 0.15) is 12.0 Å². The Balaban J connectivity index is 1.65. The lowest BCUT2D eigenvalue weighted by Crippen LogP contribution is -2.39. The average Bonchev–Trinajstić information content (AvgIpc) is 2.92. The van der Waals surface area contributed by atoms with E-state index < -0.39 is 0 Å². The molecule has 2 N–H and O–H groups in total. The van der Waals surface area contributed by atoms with Crippen LogP contribution in [0.15, 0.2) is 22.7 Å². The molecule has 0 aromatic heterocycles. The van der Waals surface area contributed by atoms with Gasteiger partial charge in [-0.25, -0.2) is 9.18 Å². The van der Waals surface area contributed by atoms with Gasteiger partial charge in [0.15, 0.2) is 0 Å². The number of carbonyl (C=O) groups is 1. The first-order chi connectivity index (χ1) is 9.65. The highest BCUT2D eigenvalue weighted by molar-refractivity contribution is 9.10. The molecule has 1 saturated heterocycles. The van der Waals surface area contributed by atoms with Gasteiger partial charge in [-0.1, -0.05) is 22.0 Å². The molecular weight excluding hydrogens is 327 g/mol. The van der Waals surface area contributed by atoms with Crippen LogP contribution in [0.5, 0.6) is 0 Å². The lowest BCUT2D eigenvalue weighted by molar-refractivity contribution is 0.185. The molecule has 1 aliphatic heterocycles. The number of benzene rings is 1. The maximum absolute atomic E-state index is 13.6. The van der Waals surface area contributed by atoms with E-state index in [2.05, 4.69) is 26.6 Å². The Morgan fingerprint density at radius 1 is 1.45 bits per heavy atom. The van der Waals surface area contributed by atoms with Crippen molar-refractivity contribution in [2.75, 3.05) is 26.3 Å². The van der Waals surface area contributed by atoms with Crippen LogP contribution in [0, 0.1) is 11.7 Å². The average molecular weight is 345 g/mol. The van der Waals surface area contributed by atoms with Crippen molar-refractivity contribution in [1.29, 1.82) is 0 Å². The summed E-state index contributed by atoms with van der Waals surface area (Å²) in [6.45, 7) is 2.52. The highest BCUT2D eigenvalue weighted by Gasteiger charge is 2.16. The van der Waals surface area contributed by atoms with Crippen molar-refractivity contribution in [3.05, 3.63) is 34.1 Å². The van der Waals surface area contributed by atoms with Gasteiger partial charge in [-0.3, -0.25) is 0 Å². The van der Waals surface area contributed by atoms with Gasteiger partial charge in [0.1, 0.15) is 5.82 Å². The molecule has 1 fully saturated rings. The largest absolute Gasteiger partial charge is 0.381 e. The lowest BCUT2D eigenvalue weighted by atomic mass is 10.1. The van der Waals surface area contributed by atoms with Gasteiger partial charge in [0.25, 0.3) is 0 Å². The molecule has 0 radical (unpaired) electrons. The fourth-order valence-electron chi connectivity index (χ4n) is 2.08. The number of rotatable bonds is 5. The number of carbonyl (C=O) groups excluding carboxylic acids is 1. The maximum Gasteiger partial charge on any atom is 0.314 e. The summed E-state index contributed by atoms with van der Waals surface area (Å²) in [6, 6.07) is 4.72.